The van der Waals surface area contributed by atoms with E-state index >= 15 is 0 Å². The Morgan fingerprint density at radius 1 is 0.920 bits per heavy atom. The molecule has 0 bridgehead atoms. The van der Waals surface area contributed by atoms with Gasteiger partial charge >= 0.3 is 0 Å². The van der Waals surface area contributed by atoms with Crippen molar-refractivity contribution in [3.8, 4) is 5.75 Å². The Morgan fingerprint density at radius 2 is 1.68 bits per heavy atom. The molecular formula is C19H21N5O. The Morgan fingerprint density at radius 3 is 2.40 bits per heavy atom. The molecular weight excluding hydrogens is 314 g/mol. The molecule has 0 aliphatic heterocycles. The van der Waals surface area contributed by atoms with Crippen molar-refractivity contribution in [3.05, 3.63) is 65.0 Å². The molecule has 0 spiro atoms. The monoisotopic (exact) mass is 335 g/mol. The van der Waals surface area contributed by atoms with Gasteiger partial charge in [-0.1, -0.05) is 23.8 Å². The van der Waals surface area contributed by atoms with Crippen molar-refractivity contribution in [2.45, 2.75) is 27.4 Å². The first kappa shape index (κ1) is 16.7. The zero-order chi connectivity index (χ0) is 17.8. The van der Waals surface area contributed by atoms with Gasteiger partial charge in [0, 0.05) is 5.69 Å². The molecule has 0 radical (unpaired) electrons. The van der Waals surface area contributed by atoms with E-state index in [-0.39, 0.29) is 12.6 Å². The Bertz CT molecular complexity index is 877. The standard InChI is InChI=1S/C19H21N5O/c1-12-4-7-15(8-5-12)21-19-23-17(22-18(20)24-19)11-25-16-9-6-13(2)14(3)10-16/h4-10H,11H2,1-3H3,(H3,20,21,22,23,24). The lowest BCUT2D eigenvalue weighted by molar-refractivity contribution is 0.295. The Kier molecular flexibility index (Phi) is 4.79. The summed E-state index contributed by atoms with van der Waals surface area (Å²) in [5, 5.41) is 3.13. The molecule has 0 atom stereocenters. The van der Waals surface area contributed by atoms with Crippen LogP contribution < -0.4 is 15.8 Å². The molecule has 0 saturated heterocycles. The maximum Gasteiger partial charge on any atom is 0.232 e. The van der Waals surface area contributed by atoms with Crippen LogP contribution in [0.3, 0.4) is 0 Å². The van der Waals surface area contributed by atoms with Crippen molar-refractivity contribution >= 4 is 17.6 Å². The Labute approximate surface area is 147 Å². The molecule has 3 rings (SSSR count). The van der Waals surface area contributed by atoms with Gasteiger partial charge in [0.05, 0.1) is 0 Å². The third-order valence-corrected chi connectivity index (χ3v) is 3.85. The van der Waals surface area contributed by atoms with E-state index in [2.05, 4.69) is 27.2 Å². The zero-order valence-corrected chi connectivity index (χ0v) is 14.6. The molecule has 6 nitrogen and oxygen atoms in total. The maximum absolute atomic E-state index is 5.79. The number of anilines is 3. The number of benzene rings is 2. The summed E-state index contributed by atoms with van der Waals surface area (Å²) in [5.41, 5.74) is 10.3. The van der Waals surface area contributed by atoms with E-state index in [0.29, 0.717) is 11.8 Å². The highest BCUT2D eigenvalue weighted by molar-refractivity contribution is 5.54. The number of ether oxygens (including phenoxy) is 1. The lowest BCUT2D eigenvalue weighted by Crippen LogP contribution is -2.09. The summed E-state index contributed by atoms with van der Waals surface area (Å²) >= 11 is 0. The van der Waals surface area contributed by atoms with E-state index in [1.165, 1.54) is 16.7 Å². The summed E-state index contributed by atoms with van der Waals surface area (Å²) in [4.78, 5) is 12.6. The number of aromatic nitrogens is 3. The fourth-order valence-corrected chi connectivity index (χ4v) is 2.28. The molecule has 0 amide bonds. The highest BCUT2D eigenvalue weighted by atomic mass is 16.5. The second-order valence-corrected chi connectivity index (χ2v) is 5.96. The smallest absolute Gasteiger partial charge is 0.232 e. The minimum Gasteiger partial charge on any atom is -0.486 e. The molecule has 1 heterocycles. The summed E-state index contributed by atoms with van der Waals surface area (Å²) < 4.78 is 5.77. The second kappa shape index (κ2) is 7.17. The average molecular weight is 335 g/mol. The van der Waals surface area contributed by atoms with Crippen LogP contribution in [0, 0.1) is 20.8 Å². The third kappa shape index (κ3) is 4.44. The molecule has 0 fully saturated rings. The van der Waals surface area contributed by atoms with E-state index in [1.807, 2.05) is 56.3 Å². The van der Waals surface area contributed by atoms with Crippen LogP contribution in [0.1, 0.15) is 22.5 Å². The molecule has 6 heteroatoms. The number of nitrogens with one attached hydrogen (secondary N) is 1. The predicted molar refractivity (Wildman–Crippen MR) is 98.9 cm³/mol. The van der Waals surface area contributed by atoms with Crippen molar-refractivity contribution < 1.29 is 4.74 Å². The Hall–Kier alpha value is -3.15. The highest BCUT2D eigenvalue weighted by Crippen LogP contribution is 2.18. The van der Waals surface area contributed by atoms with E-state index < -0.39 is 0 Å². The molecule has 1 aromatic heterocycles. The number of nitrogen functional groups attached to an aromatic ring is 1. The van der Waals surface area contributed by atoms with E-state index in [0.717, 1.165) is 11.4 Å². The largest absolute Gasteiger partial charge is 0.486 e. The fraction of sp³-hybridized carbons (Fsp3) is 0.211. The molecule has 2 aromatic carbocycles. The average Bonchev–Trinajstić information content (AvgIpc) is 2.58. The van der Waals surface area contributed by atoms with Crippen molar-refractivity contribution in [2.75, 3.05) is 11.1 Å². The van der Waals surface area contributed by atoms with Crippen LogP contribution in [-0.4, -0.2) is 15.0 Å². The maximum atomic E-state index is 5.79. The lowest BCUT2D eigenvalue weighted by Gasteiger charge is -2.10. The minimum atomic E-state index is 0.156. The number of nitrogens with two attached hydrogens (primary N) is 1. The summed E-state index contributed by atoms with van der Waals surface area (Å²) in [6.07, 6.45) is 0. The van der Waals surface area contributed by atoms with Crippen LogP contribution in [0.5, 0.6) is 5.75 Å². The van der Waals surface area contributed by atoms with Crippen molar-refractivity contribution in [1.82, 2.24) is 15.0 Å². The van der Waals surface area contributed by atoms with Crippen LogP contribution >= 0.6 is 0 Å². The van der Waals surface area contributed by atoms with Gasteiger partial charge in [0.1, 0.15) is 12.4 Å². The molecule has 128 valence electrons. The predicted octanol–water partition coefficient (Wildman–Crippen LogP) is 3.70. The SMILES string of the molecule is Cc1ccc(Nc2nc(N)nc(COc3ccc(C)c(C)c3)n2)cc1. The first-order valence-electron chi connectivity index (χ1n) is 8.04. The van der Waals surface area contributed by atoms with Gasteiger partial charge in [0.2, 0.25) is 11.9 Å². The van der Waals surface area contributed by atoms with Crippen molar-refractivity contribution in [1.29, 1.82) is 0 Å². The molecule has 0 unspecified atom stereocenters. The normalized spacial score (nSPS) is 10.5. The first-order valence-corrected chi connectivity index (χ1v) is 8.04. The van der Waals surface area contributed by atoms with Gasteiger partial charge < -0.3 is 15.8 Å². The number of hydrogen-bond acceptors (Lipinski definition) is 6. The minimum absolute atomic E-state index is 0.156. The quantitative estimate of drug-likeness (QED) is 0.739. The molecule has 3 N–H and O–H groups in total. The summed E-state index contributed by atoms with van der Waals surface area (Å²) in [6, 6.07) is 13.9. The fourth-order valence-electron chi connectivity index (χ4n) is 2.28. The molecule has 0 aliphatic carbocycles. The number of aryl methyl sites for hydroxylation is 3. The summed E-state index contributed by atoms with van der Waals surface area (Å²) in [5.74, 6) is 1.80. The number of nitrogens with zero attached hydrogens (tertiary/aromatic N) is 3. The number of rotatable bonds is 5. The van der Waals surface area contributed by atoms with Gasteiger partial charge in [-0.25, -0.2) is 0 Å². The second-order valence-electron chi connectivity index (χ2n) is 5.96. The molecule has 25 heavy (non-hydrogen) atoms. The lowest BCUT2D eigenvalue weighted by atomic mass is 10.1. The van der Waals surface area contributed by atoms with Crippen LogP contribution in [0.15, 0.2) is 42.5 Å². The third-order valence-electron chi connectivity index (χ3n) is 3.85. The van der Waals surface area contributed by atoms with Gasteiger partial charge in [0.25, 0.3) is 0 Å². The van der Waals surface area contributed by atoms with Crippen LogP contribution in [0.2, 0.25) is 0 Å². The van der Waals surface area contributed by atoms with E-state index in [1.54, 1.807) is 0 Å². The van der Waals surface area contributed by atoms with Crippen LogP contribution in [-0.2, 0) is 6.61 Å². The van der Waals surface area contributed by atoms with Gasteiger partial charge in [-0.05, 0) is 56.2 Å². The van der Waals surface area contributed by atoms with Crippen molar-refractivity contribution in [3.63, 3.8) is 0 Å². The van der Waals surface area contributed by atoms with E-state index in [4.69, 9.17) is 10.5 Å². The summed E-state index contributed by atoms with van der Waals surface area (Å²) in [7, 11) is 0. The van der Waals surface area contributed by atoms with Crippen LogP contribution in [0.25, 0.3) is 0 Å². The van der Waals surface area contributed by atoms with Gasteiger partial charge in [-0.3, -0.25) is 0 Å². The molecule has 3 aromatic rings. The number of hydrogen-bond donors (Lipinski definition) is 2. The van der Waals surface area contributed by atoms with E-state index in [9.17, 15) is 0 Å². The molecule has 0 saturated carbocycles. The van der Waals surface area contributed by atoms with Gasteiger partial charge in [-0.2, -0.15) is 15.0 Å². The topological polar surface area (TPSA) is 86.0 Å². The van der Waals surface area contributed by atoms with Gasteiger partial charge in [-0.15, -0.1) is 0 Å². The molecule has 0 aliphatic rings. The van der Waals surface area contributed by atoms with Crippen molar-refractivity contribution in [2.24, 2.45) is 0 Å². The highest BCUT2D eigenvalue weighted by Gasteiger charge is 2.07. The van der Waals surface area contributed by atoms with Gasteiger partial charge in [0.15, 0.2) is 5.82 Å². The first-order chi connectivity index (χ1) is 12.0. The van der Waals surface area contributed by atoms with Crippen LogP contribution in [0.4, 0.5) is 17.6 Å². The zero-order valence-electron chi connectivity index (χ0n) is 14.6. The summed E-state index contributed by atoms with van der Waals surface area (Å²) in [6.45, 7) is 6.37. The Balaban J connectivity index is 1.72.